The second kappa shape index (κ2) is 5.17. The summed E-state index contributed by atoms with van der Waals surface area (Å²) >= 11 is 3.30. The van der Waals surface area contributed by atoms with Crippen LogP contribution < -0.4 is 0 Å². The van der Waals surface area contributed by atoms with Gasteiger partial charge in [-0.25, -0.2) is 0 Å². The molecule has 0 spiro atoms. The molecule has 5 heteroatoms. The number of Topliss-reactive ketones (excluding diaryl/α,β-unsaturated/α-hetero) is 1. The first-order valence-corrected chi connectivity index (χ1v) is 6.15. The van der Waals surface area contributed by atoms with E-state index in [0.29, 0.717) is 0 Å². The molecule has 0 atom stereocenters. The maximum absolute atomic E-state index is 12.2. The predicted molar refractivity (Wildman–Crippen MR) is 70.0 cm³/mol. The molecule has 0 aliphatic heterocycles. The van der Waals surface area contributed by atoms with E-state index in [9.17, 15) is 18.0 Å². The molecule has 2 aromatic carbocycles. The number of benzene rings is 2. The molecule has 0 N–H and O–H groups in total. The molecule has 98 valence electrons. The van der Waals surface area contributed by atoms with E-state index in [1.807, 2.05) is 24.3 Å². The highest BCUT2D eigenvalue weighted by atomic mass is 79.9. The average molecular weight is 329 g/mol. The maximum atomic E-state index is 12.2. The number of rotatable bonds is 2. The van der Waals surface area contributed by atoms with Gasteiger partial charge in [-0.1, -0.05) is 52.3 Å². The Hall–Kier alpha value is -1.62. The topological polar surface area (TPSA) is 17.1 Å². The normalized spacial score (nSPS) is 11.4. The summed E-state index contributed by atoms with van der Waals surface area (Å²) in [5, 5.41) is 0. The van der Waals surface area contributed by atoms with Gasteiger partial charge >= 0.3 is 6.18 Å². The summed E-state index contributed by atoms with van der Waals surface area (Å²) in [6, 6.07) is 12.7. The van der Waals surface area contributed by atoms with Crippen LogP contribution in [0.3, 0.4) is 0 Å². The number of ketones is 1. The second-order valence-corrected chi connectivity index (χ2v) is 4.83. The van der Waals surface area contributed by atoms with E-state index in [0.717, 1.165) is 15.6 Å². The van der Waals surface area contributed by atoms with E-state index in [1.165, 1.54) is 24.3 Å². The van der Waals surface area contributed by atoms with Crippen LogP contribution in [0.1, 0.15) is 10.4 Å². The summed E-state index contributed by atoms with van der Waals surface area (Å²) in [5.74, 6) is -1.82. The highest BCUT2D eigenvalue weighted by Gasteiger charge is 2.39. The van der Waals surface area contributed by atoms with Crippen LogP contribution in [0.15, 0.2) is 53.0 Å². The lowest BCUT2D eigenvalue weighted by Crippen LogP contribution is -2.22. The Balaban J connectivity index is 2.28. The molecule has 0 amide bonds. The predicted octanol–water partition coefficient (Wildman–Crippen LogP) is 4.86. The molecule has 19 heavy (non-hydrogen) atoms. The van der Waals surface area contributed by atoms with Gasteiger partial charge in [0.15, 0.2) is 0 Å². The molecule has 0 aromatic heterocycles. The lowest BCUT2D eigenvalue weighted by atomic mass is 10.0. The first-order chi connectivity index (χ1) is 8.88. The van der Waals surface area contributed by atoms with Gasteiger partial charge in [0.05, 0.1) is 0 Å². The summed E-state index contributed by atoms with van der Waals surface area (Å²) in [6.07, 6.45) is -4.83. The number of alkyl halides is 3. The smallest absolute Gasteiger partial charge is 0.284 e. The van der Waals surface area contributed by atoms with Crippen LogP contribution in [0.2, 0.25) is 0 Å². The summed E-state index contributed by atoms with van der Waals surface area (Å²) in [7, 11) is 0. The van der Waals surface area contributed by atoms with E-state index in [-0.39, 0.29) is 5.56 Å². The Morgan fingerprint density at radius 2 is 1.26 bits per heavy atom. The third-order valence-electron chi connectivity index (χ3n) is 2.58. The van der Waals surface area contributed by atoms with Crippen molar-refractivity contribution in [1.82, 2.24) is 0 Å². The van der Waals surface area contributed by atoms with Gasteiger partial charge in [-0.2, -0.15) is 13.2 Å². The van der Waals surface area contributed by atoms with Gasteiger partial charge in [-0.15, -0.1) is 0 Å². The summed E-state index contributed by atoms with van der Waals surface area (Å²) in [4.78, 5) is 11.0. The molecule has 2 aromatic rings. The maximum Gasteiger partial charge on any atom is 0.454 e. The SMILES string of the molecule is O=C(c1ccc(-c2ccc(Br)cc2)cc1)C(F)(F)F. The van der Waals surface area contributed by atoms with Gasteiger partial charge < -0.3 is 0 Å². The lowest BCUT2D eigenvalue weighted by molar-refractivity contribution is -0.0885. The number of carbonyl (C=O) groups is 1. The largest absolute Gasteiger partial charge is 0.454 e. The third kappa shape index (κ3) is 3.23. The van der Waals surface area contributed by atoms with E-state index < -0.39 is 12.0 Å². The van der Waals surface area contributed by atoms with E-state index in [4.69, 9.17) is 0 Å². The van der Waals surface area contributed by atoms with E-state index in [2.05, 4.69) is 15.9 Å². The molecule has 1 nitrogen and oxygen atoms in total. The molecule has 0 aliphatic rings. The Morgan fingerprint density at radius 3 is 1.68 bits per heavy atom. The van der Waals surface area contributed by atoms with Crippen molar-refractivity contribution in [2.45, 2.75) is 6.18 Å². The molecule has 0 unspecified atom stereocenters. The van der Waals surface area contributed by atoms with Crippen molar-refractivity contribution < 1.29 is 18.0 Å². The minimum absolute atomic E-state index is 0.353. The second-order valence-electron chi connectivity index (χ2n) is 3.91. The molecule has 0 saturated heterocycles. The molecule has 0 fully saturated rings. The Bertz CT molecular complexity index is 586. The number of carbonyl (C=O) groups excluding carboxylic acids is 1. The van der Waals surface area contributed by atoms with E-state index in [1.54, 1.807) is 0 Å². The molecule has 0 aliphatic carbocycles. The Labute approximate surface area is 116 Å². The van der Waals surface area contributed by atoms with Gasteiger partial charge in [-0.05, 0) is 23.3 Å². The fourth-order valence-electron chi connectivity index (χ4n) is 1.62. The zero-order chi connectivity index (χ0) is 14.0. The highest BCUT2D eigenvalue weighted by Crippen LogP contribution is 2.25. The summed E-state index contributed by atoms with van der Waals surface area (Å²) < 4.78 is 37.7. The van der Waals surface area contributed by atoms with Crippen LogP contribution in [0.5, 0.6) is 0 Å². The highest BCUT2D eigenvalue weighted by molar-refractivity contribution is 9.10. The Kier molecular flexibility index (Phi) is 3.75. The fourth-order valence-corrected chi connectivity index (χ4v) is 1.88. The minimum atomic E-state index is -4.83. The first-order valence-electron chi connectivity index (χ1n) is 5.35. The average Bonchev–Trinajstić information content (AvgIpc) is 2.38. The molecule has 0 heterocycles. The van der Waals surface area contributed by atoms with Crippen LogP contribution in [0.25, 0.3) is 11.1 Å². The van der Waals surface area contributed by atoms with Crippen molar-refractivity contribution in [3.05, 3.63) is 58.6 Å². The number of hydrogen-bond donors (Lipinski definition) is 0. The number of hydrogen-bond acceptors (Lipinski definition) is 1. The van der Waals surface area contributed by atoms with Crippen LogP contribution in [-0.2, 0) is 0 Å². The Morgan fingerprint density at radius 1 is 0.842 bits per heavy atom. The lowest BCUT2D eigenvalue weighted by Gasteiger charge is -2.06. The van der Waals surface area contributed by atoms with Crippen molar-refractivity contribution >= 4 is 21.7 Å². The van der Waals surface area contributed by atoms with Gasteiger partial charge in [0, 0.05) is 10.0 Å². The monoisotopic (exact) mass is 328 g/mol. The van der Waals surface area contributed by atoms with Crippen LogP contribution in [-0.4, -0.2) is 12.0 Å². The van der Waals surface area contributed by atoms with Crippen LogP contribution in [0.4, 0.5) is 13.2 Å². The van der Waals surface area contributed by atoms with Gasteiger partial charge in [0.2, 0.25) is 0 Å². The van der Waals surface area contributed by atoms with Crippen LogP contribution in [0, 0.1) is 0 Å². The van der Waals surface area contributed by atoms with E-state index >= 15 is 0 Å². The van der Waals surface area contributed by atoms with Crippen molar-refractivity contribution in [2.75, 3.05) is 0 Å². The summed E-state index contributed by atoms with van der Waals surface area (Å²) in [6.45, 7) is 0. The number of halogens is 4. The molecular formula is C14H8BrF3O. The standard InChI is InChI=1S/C14H8BrF3O/c15-12-7-5-10(6-8-12)9-1-3-11(4-2-9)13(19)14(16,17)18/h1-8H. The molecule has 0 radical (unpaired) electrons. The van der Waals surface area contributed by atoms with Crippen molar-refractivity contribution in [3.8, 4) is 11.1 Å². The first kappa shape index (κ1) is 13.8. The summed E-state index contributed by atoms with van der Waals surface area (Å²) in [5.41, 5.74) is 1.27. The van der Waals surface area contributed by atoms with Gasteiger partial charge in [0.1, 0.15) is 0 Å². The third-order valence-corrected chi connectivity index (χ3v) is 3.11. The zero-order valence-electron chi connectivity index (χ0n) is 9.54. The molecule has 0 bridgehead atoms. The zero-order valence-corrected chi connectivity index (χ0v) is 11.1. The fraction of sp³-hybridized carbons (Fsp3) is 0.0714. The van der Waals surface area contributed by atoms with Crippen molar-refractivity contribution in [3.63, 3.8) is 0 Å². The van der Waals surface area contributed by atoms with Crippen LogP contribution >= 0.6 is 15.9 Å². The quantitative estimate of drug-likeness (QED) is 0.719. The van der Waals surface area contributed by atoms with Crippen molar-refractivity contribution in [1.29, 1.82) is 0 Å². The molecular weight excluding hydrogens is 321 g/mol. The molecule has 0 saturated carbocycles. The minimum Gasteiger partial charge on any atom is -0.284 e. The van der Waals surface area contributed by atoms with Gasteiger partial charge in [-0.3, -0.25) is 4.79 Å². The van der Waals surface area contributed by atoms with Crippen molar-refractivity contribution in [2.24, 2.45) is 0 Å². The van der Waals surface area contributed by atoms with Gasteiger partial charge in [0.25, 0.3) is 5.78 Å². The molecule has 2 rings (SSSR count).